The second-order valence-electron chi connectivity index (χ2n) is 17.4. The molecule has 0 bridgehead atoms. The molecule has 0 radical (unpaired) electrons. The number of nitrogens with zero attached hydrogens (tertiary/aromatic N) is 4. The van der Waals surface area contributed by atoms with Crippen LogP contribution >= 0.6 is 11.3 Å². The molecule has 28 heteroatoms. The molecule has 412 valence electrons. The quantitative estimate of drug-likeness (QED) is 0.0504. The van der Waals surface area contributed by atoms with Gasteiger partial charge in [-0.05, 0) is 49.4 Å². The summed E-state index contributed by atoms with van der Waals surface area (Å²) in [6, 6.07) is 8.37. The lowest BCUT2D eigenvalue weighted by atomic mass is 9.89. The number of phenolic OH excluding ortho intramolecular Hbond substituents is 1. The van der Waals surface area contributed by atoms with E-state index in [9.17, 15) is 59.0 Å². The number of alkyl halides is 9. The van der Waals surface area contributed by atoms with Gasteiger partial charge in [-0.2, -0.15) is 39.5 Å². The molecule has 4 heterocycles. The summed E-state index contributed by atoms with van der Waals surface area (Å²) in [5.41, 5.74) is 1.99. The van der Waals surface area contributed by atoms with Crippen LogP contribution in [0.1, 0.15) is 77.6 Å². The molecule has 1 spiro atoms. The van der Waals surface area contributed by atoms with Gasteiger partial charge >= 0.3 is 30.5 Å². The number of nitrogens with one attached hydrogen (secondary N) is 2. The van der Waals surface area contributed by atoms with Crippen LogP contribution in [0.5, 0.6) is 11.5 Å². The number of carbonyl (C=O) groups excluding carboxylic acids is 3. The molecule has 3 amide bonds. The van der Waals surface area contributed by atoms with Gasteiger partial charge in [-0.1, -0.05) is 38.1 Å². The highest BCUT2D eigenvalue weighted by atomic mass is 32.1. The van der Waals surface area contributed by atoms with Crippen molar-refractivity contribution in [3.8, 4) is 11.5 Å². The van der Waals surface area contributed by atoms with E-state index < -0.39 is 54.9 Å². The Hall–Kier alpha value is -5.84. The third kappa shape index (κ3) is 19.1. The molecule has 0 saturated carbocycles. The fourth-order valence-corrected chi connectivity index (χ4v) is 8.45. The number of amides is 3. The van der Waals surface area contributed by atoms with Gasteiger partial charge in [0.1, 0.15) is 22.9 Å². The number of carboxylic acid groups (broad SMARTS) is 2. The number of halogens is 10. The number of carbonyl (C=O) groups is 5. The Morgan fingerprint density at radius 1 is 0.905 bits per heavy atom. The number of rotatable bonds is 18. The molecule has 0 atom stereocenters. The Balaban J connectivity index is 0.000000743. The summed E-state index contributed by atoms with van der Waals surface area (Å²) < 4.78 is 136. The number of fused-ring (bicyclic) bond motifs is 1. The second kappa shape index (κ2) is 27.1. The first-order chi connectivity index (χ1) is 34.6. The molecule has 2 saturated heterocycles. The summed E-state index contributed by atoms with van der Waals surface area (Å²) in [5, 5.41) is 32.8. The number of hydrogen-bond donors (Lipinski definition) is 5. The fraction of sp³-hybridized carbons (Fsp3) is 0.565. The predicted molar refractivity (Wildman–Crippen MR) is 244 cm³/mol. The van der Waals surface area contributed by atoms with Crippen LogP contribution in [0.15, 0.2) is 35.7 Å². The van der Waals surface area contributed by atoms with Crippen LogP contribution in [-0.4, -0.2) is 168 Å². The smallest absolute Gasteiger partial charge is 0.490 e. The number of ether oxygens (including phenoxy) is 3. The average molecular weight is 1090 g/mol. The van der Waals surface area contributed by atoms with E-state index in [2.05, 4.69) is 34.4 Å². The van der Waals surface area contributed by atoms with E-state index in [1.54, 1.807) is 24.3 Å². The number of aromatic nitrogens is 1. The zero-order valence-corrected chi connectivity index (χ0v) is 40.9. The van der Waals surface area contributed by atoms with Crippen LogP contribution in [0.25, 0.3) is 0 Å². The van der Waals surface area contributed by atoms with Crippen LogP contribution in [-0.2, 0) is 48.0 Å². The maximum atomic E-state index is 15.7. The van der Waals surface area contributed by atoms with Gasteiger partial charge in [-0.15, -0.1) is 11.3 Å². The van der Waals surface area contributed by atoms with Crippen LogP contribution in [0.3, 0.4) is 0 Å². The lowest BCUT2D eigenvalue weighted by molar-refractivity contribution is -0.193. The highest BCUT2D eigenvalue weighted by Crippen LogP contribution is 2.39. The Bertz CT molecular complexity index is 2350. The van der Waals surface area contributed by atoms with Crippen molar-refractivity contribution in [3.63, 3.8) is 0 Å². The number of benzene rings is 2. The summed E-state index contributed by atoms with van der Waals surface area (Å²) in [6.45, 7) is 7.49. The predicted octanol–water partition coefficient (Wildman–Crippen LogP) is 6.78. The number of morpholine rings is 1. The second-order valence-corrected chi connectivity index (χ2v) is 18.3. The fourth-order valence-electron chi connectivity index (χ4n) is 7.64. The number of hydrogen-bond acceptors (Lipinski definition) is 13. The Labute approximate surface area is 421 Å². The first-order valence-corrected chi connectivity index (χ1v) is 23.8. The molecular formula is C46H56F10N6O11S. The monoisotopic (exact) mass is 1090 g/mol. The van der Waals surface area contributed by atoms with Gasteiger partial charge in [-0.25, -0.2) is 19.0 Å². The van der Waals surface area contributed by atoms with Crippen molar-refractivity contribution in [1.29, 1.82) is 0 Å². The summed E-state index contributed by atoms with van der Waals surface area (Å²) in [5.74, 6) is -6.26. The lowest BCUT2D eigenvalue weighted by Crippen LogP contribution is -2.58. The Kier molecular flexibility index (Phi) is 22.2. The molecule has 2 fully saturated rings. The van der Waals surface area contributed by atoms with Gasteiger partial charge in [0.15, 0.2) is 12.4 Å². The number of thiazole rings is 1. The summed E-state index contributed by atoms with van der Waals surface area (Å²) in [7, 11) is 0. The third-order valence-electron chi connectivity index (χ3n) is 11.5. The number of piperidine rings is 1. The van der Waals surface area contributed by atoms with E-state index >= 15 is 4.39 Å². The molecule has 2 aromatic carbocycles. The van der Waals surface area contributed by atoms with E-state index in [0.29, 0.717) is 87.7 Å². The van der Waals surface area contributed by atoms with Gasteiger partial charge in [0.05, 0.1) is 49.8 Å². The van der Waals surface area contributed by atoms with E-state index in [0.717, 1.165) is 15.5 Å². The van der Waals surface area contributed by atoms with Crippen LogP contribution in [0.2, 0.25) is 0 Å². The number of phenols is 1. The molecule has 0 unspecified atom stereocenters. The van der Waals surface area contributed by atoms with Crippen molar-refractivity contribution in [2.45, 2.75) is 89.0 Å². The first-order valence-electron chi connectivity index (χ1n) is 23.0. The molecule has 1 aromatic heterocycles. The van der Waals surface area contributed by atoms with Gasteiger partial charge < -0.3 is 50.0 Å². The van der Waals surface area contributed by atoms with Crippen molar-refractivity contribution in [2.75, 3.05) is 84.1 Å². The van der Waals surface area contributed by atoms with E-state index in [4.69, 9.17) is 34.0 Å². The lowest BCUT2D eigenvalue weighted by Gasteiger charge is -2.47. The molecule has 0 aliphatic carbocycles. The Morgan fingerprint density at radius 2 is 1.55 bits per heavy atom. The van der Waals surface area contributed by atoms with Crippen molar-refractivity contribution in [3.05, 3.63) is 68.9 Å². The van der Waals surface area contributed by atoms with E-state index in [1.807, 2.05) is 10.3 Å². The minimum atomic E-state index is -5.08. The van der Waals surface area contributed by atoms with Gasteiger partial charge in [0.25, 0.3) is 11.8 Å². The molecule has 17 nitrogen and oxygen atoms in total. The van der Waals surface area contributed by atoms with E-state index in [-0.39, 0.29) is 80.7 Å². The standard InChI is InChI=1S/C42H54F4N6O7S.2C2HF3O2/c1-28(2)39-48-32(26-60-39)40(56)52-20-23-59-41(27-52)11-16-50(17-12-41)24-31-5-3-4-29(36(31)43)9-21-57-22-10-35(55)51(18-13-42(44,45)46)19-15-47-14-8-30-6-7-33(53)37-38(30)58-25-34(54)49-37;2*3-2(4,5)1(6)7/h3-7,26,28,47,53H,8-25,27H2,1-2H3,(H,49,54);2*(H,6,7). The average Bonchev–Trinajstić information content (AvgIpc) is 3.83. The SMILES string of the molecule is CC(C)c1nc(C(=O)N2CCOC3(CCN(Cc4cccc(CCOCCC(=O)N(CCNCCc5ccc(O)c6c5OCC(=O)N6)CCC(F)(F)F)c4F)CC3)C2)cs1.O=C(O)C(F)(F)F.O=C(O)C(F)(F)F. The maximum Gasteiger partial charge on any atom is 0.490 e. The van der Waals surface area contributed by atoms with Crippen LogP contribution < -0.4 is 15.4 Å². The zero-order chi connectivity index (χ0) is 55.0. The highest BCUT2D eigenvalue weighted by molar-refractivity contribution is 7.09. The van der Waals surface area contributed by atoms with Crippen molar-refractivity contribution in [1.82, 2.24) is 25.0 Å². The molecule has 6 rings (SSSR count). The Morgan fingerprint density at radius 3 is 2.16 bits per heavy atom. The number of carboxylic acids is 2. The minimum Gasteiger partial charge on any atom is -0.506 e. The van der Waals surface area contributed by atoms with E-state index in [1.165, 1.54) is 17.4 Å². The van der Waals surface area contributed by atoms with Crippen molar-refractivity contribution >= 4 is 46.7 Å². The van der Waals surface area contributed by atoms with Crippen molar-refractivity contribution in [2.24, 2.45) is 0 Å². The largest absolute Gasteiger partial charge is 0.506 e. The summed E-state index contributed by atoms with van der Waals surface area (Å²) in [4.78, 5) is 65.5. The summed E-state index contributed by atoms with van der Waals surface area (Å²) >= 11 is 1.50. The highest BCUT2D eigenvalue weighted by Gasteiger charge is 2.42. The summed E-state index contributed by atoms with van der Waals surface area (Å²) in [6.07, 6.45) is -13.7. The normalized spacial score (nSPS) is 15.7. The molecular weight excluding hydrogens is 1030 g/mol. The molecule has 3 aromatic rings. The molecule has 3 aliphatic rings. The molecule has 3 aliphatic heterocycles. The van der Waals surface area contributed by atoms with Crippen LogP contribution in [0.4, 0.5) is 49.6 Å². The molecule has 5 N–H and O–H groups in total. The topological polar surface area (TPSA) is 220 Å². The number of aromatic hydroxyl groups is 1. The van der Waals surface area contributed by atoms with Gasteiger partial charge in [0.2, 0.25) is 5.91 Å². The zero-order valence-electron chi connectivity index (χ0n) is 40.1. The van der Waals surface area contributed by atoms with Gasteiger partial charge in [-0.3, -0.25) is 19.3 Å². The third-order valence-corrected chi connectivity index (χ3v) is 12.7. The van der Waals surface area contributed by atoms with Gasteiger partial charge in [0, 0.05) is 62.7 Å². The van der Waals surface area contributed by atoms with Crippen molar-refractivity contribution < 1.29 is 97.4 Å². The number of likely N-dealkylation sites (tertiary alicyclic amines) is 1. The molecule has 74 heavy (non-hydrogen) atoms. The maximum absolute atomic E-state index is 15.7. The minimum absolute atomic E-state index is 0.0258. The number of aliphatic carboxylic acids is 2. The number of anilines is 1. The van der Waals surface area contributed by atoms with Crippen LogP contribution in [0, 0.1) is 5.82 Å². The first kappa shape index (κ1) is 60.7.